The Labute approximate surface area is 171 Å². The Morgan fingerprint density at radius 3 is 2.52 bits per heavy atom. The van der Waals surface area contributed by atoms with Crippen molar-refractivity contribution in [1.82, 2.24) is 10.1 Å². The molecule has 0 aliphatic heterocycles. The Morgan fingerprint density at radius 2 is 1.79 bits per heavy atom. The van der Waals surface area contributed by atoms with Crippen LogP contribution in [0, 0.1) is 5.82 Å². The van der Waals surface area contributed by atoms with Crippen molar-refractivity contribution in [3.8, 4) is 22.4 Å². The second kappa shape index (κ2) is 8.24. The number of benzene rings is 2. The van der Waals surface area contributed by atoms with Gasteiger partial charge < -0.3 is 4.52 Å². The van der Waals surface area contributed by atoms with Gasteiger partial charge >= 0.3 is 0 Å². The quantitative estimate of drug-likeness (QED) is 0.482. The van der Waals surface area contributed by atoms with Crippen LogP contribution in [0.3, 0.4) is 0 Å². The Balaban J connectivity index is 1.71. The lowest BCUT2D eigenvalue weighted by Crippen LogP contribution is -2.14. The lowest BCUT2D eigenvalue weighted by atomic mass is 10.0. The van der Waals surface area contributed by atoms with Crippen LogP contribution in [-0.4, -0.2) is 16.0 Å². The summed E-state index contributed by atoms with van der Waals surface area (Å²) < 4.78 is 19.0. The molecule has 7 heteroatoms. The fourth-order valence-corrected chi connectivity index (χ4v) is 3.13. The van der Waals surface area contributed by atoms with E-state index < -0.39 is 5.82 Å². The number of carbonyl (C=O) groups excluding carboxylic acids is 1. The van der Waals surface area contributed by atoms with Crippen molar-refractivity contribution in [2.24, 2.45) is 0 Å². The smallest absolute Gasteiger partial charge is 0.239 e. The number of pyridine rings is 1. The summed E-state index contributed by atoms with van der Waals surface area (Å²) in [6.07, 6.45) is 3.44. The highest BCUT2D eigenvalue weighted by Gasteiger charge is 2.22. The van der Waals surface area contributed by atoms with Crippen molar-refractivity contribution < 1.29 is 13.7 Å². The van der Waals surface area contributed by atoms with Crippen LogP contribution < -0.4 is 5.32 Å². The average molecular weight is 408 g/mol. The van der Waals surface area contributed by atoms with Crippen LogP contribution in [0.4, 0.5) is 10.3 Å². The van der Waals surface area contributed by atoms with Crippen LogP contribution in [0.25, 0.3) is 22.4 Å². The molecular weight excluding hydrogens is 393 g/mol. The third-order valence-electron chi connectivity index (χ3n) is 4.31. The predicted molar refractivity (Wildman–Crippen MR) is 109 cm³/mol. The van der Waals surface area contributed by atoms with Gasteiger partial charge in [0.05, 0.1) is 17.0 Å². The number of aromatic nitrogens is 2. The molecule has 0 fully saturated rings. The highest BCUT2D eigenvalue weighted by molar-refractivity contribution is 6.31. The maximum atomic E-state index is 13.6. The highest BCUT2D eigenvalue weighted by Crippen LogP contribution is 2.38. The van der Waals surface area contributed by atoms with E-state index in [-0.39, 0.29) is 23.2 Å². The number of hydrogen-bond acceptors (Lipinski definition) is 4. The minimum Gasteiger partial charge on any atom is -0.337 e. The van der Waals surface area contributed by atoms with Gasteiger partial charge in [-0.15, -0.1) is 0 Å². The topological polar surface area (TPSA) is 68.0 Å². The molecule has 0 bridgehead atoms. The number of nitrogens with zero attached hydrogens (tertiary/aromatic N) is 2. The Morgan fingerprint density at radius 1 is 1.03 bits per heavy atom. The van der Waals surface area contributed by atoms with Gasteiger partial charge in [-0.05, 0) is 41.5 Å². The molecule has 0 spiro atoms. The van der Waals surface area contributed by atoms with Crippen molar-refractivity contribution in [3.63, 3.8) is 0 Å². The van der Waals surface area contributed by atoms with E-state index in [1.807, 2.05) is 30.3 Å². The molecule has 144 valence electrons. The van der Waals surface area contributed by atoms with Gasteiger partial charge in [0.25, 0.3) is 0 Å². The van der Waals surface area contributed by atoms with Crippen molar-refractivity contribution in [3.05, 3.63) is 89.5 Å². The molecule has 2 heterocycles. The molecule has 1 amide bonds. The molecule has 2 aromatic carbocycles. The van der Waals surface area contributed by atoms with Gasteiger partial charge in [0.1, 0.15) is 11.5 Å². The van der Waals surface area contributed by atoms with Crippen LogP contribution in [0.1, 0.15) is 5.56 Å². The van der Waals surface area contributed by atoms with E-state index in [2.05, 4.69) is 15.5 Å². The van der Waals surface area contributed by atoms with Crippen LogP contribution in [0.5, 0.6) is 0 Å². The van der Waals surface area contributed by atoms with Crippen LogP contribution in [0.15, 0.2) is 77.6 Å². The zero-order valence-corrected chi connectivity index (χ0v) is 15.9. The van der Waals surface area contributed by atoms with Crippen molar-refractivity contribution in [1.29, 1.82) is 0 Å². The number of halogens is 2. The van der Waals surface area contributed by atoms with Gasteiger partial charge in [-0.25, -0.2) is 4.39 Å². The third-order valence-corrected chi connectivity index (χ3v) is 4.60. The van der Waals surface area contributed by atoms with Gasteiger partial charge in [0.15, 0.2) is 0 Å². The van der Waals surface area contributed by atoms with E-state index in [4.69, 9.17) is 16.1 Å². The number of amides is 1. The summed E-state index contributed by atoms with van der Waals surface area (Å²) in [7, 11) is 0. The van der Waals surface area contributed by atoms with Crippen LogP contribution >= 0.6 is 11.6 Å². The fraction of sp³-hybridized carbons (Fsp3) is 0.0455. The molecule has 5 nitrogen and oxygen atoms in total. The summed E-state index contributed by atoms with van der Waals surface area (Å²) in [6, 6.07) is 17.2. The Kier molecular flexibility index (Phi) is 5.35. The number of rotatable bonds is 5. The number of nitrogens with one attached hydrogen (secondary N) is 1. The molecule has 0 radical (unpaired) electrons. The molecule has 0 aliphatic rings. The number of carbonyl (C=O) groups is 1. The van der Waals surface area contributed by atoms with E-state index in [0.717, 1.165) is 11.1 Å². The van der Waals surface area contributed by atoms with Gasteiger partial charge in [0.2, 0.25) is 11.8 Å². The first kappa shape index (κ1) is 18.8. The molecular formula is C22H15ClFN3O2. The highest BCUT2D eigenvalue weighted by atomic mass is 35.5. The number of hydrogen-bond donors (Lipinski definition) is 1. The molecule has 2 aromatic heterocycles. The van der Waals surface area contributed by atoms with E-state index in [1.54, 1.807) is 30.6 Å². The molecule has 4 rings (SSSR count). The van der Waals surface area contributed by atoms with E-state index in [0.29, 0.717) is 16.8 Å². The average Bonchev–Trinajstić information content (AvgIpc) is 3.14. The zero-order chi connectivity index (χ0) is 20.2. The van der Waals surface area contributed by atoms with Crippen molar-refractivity contribution >= 4 is 23.4 Å². The lowest BCUT2D eigenvalue weighted by molar-refractivity contribution is -0.115. The van der Waals surface area contributed by atoms with Crippen LogP contribution in [0.2, 0.25) is 5.02 Å². The number of anilines is 1. The van der Waals surface area contributed by atoms with Gasteiger partial charge in [-0.1, -0.05) is 47.1 Å². The van der Waals surface area contributed by atoms with Gasteiger partial charge in [0, 0.05) is 18.0 Å². The molecule has 0 atom stereocenters. The molecule has 4 aromatic rings. The minimum absolute atomic E-state index is 0.0270. The van der Waals surface area contributed by atoms with Gasteiger partial charge in [-0.3, -0.25) is 15.1 Å². The monoisotopic (exact) mass is 407 g/mol. The summed E-state index contributed by atoms with van der Waals surface area (Å²) in [5.74, 6) is -0.570. The van der Waals surface area contributed by atoms with Crippen molar-refractivity contribution in [2.75, 3.05) is 5.32 Å². The second-order valence-corrected chi connectivity index (χ2v) is 6.72. The molecule has 0 saturated heterocycles. The molecule has 29 heavy (non-hydrogen) atoms. The molecule has 0 saturated carbocycles. The first-order valence-corrected chi connectivity index (χ1v) is 9.19. The summed E-state index contributed by atoms with van der Waals surface area (Å²) in [4.78, 5) is 16.5. The lowest BCUT2D eigenvalue weighted by Gasteiger charge is -2.07. The summed E-state index contributed by atoms with van der Waals surface area (Å²) in [5.41, 5.74) is 3.19. The largest absolute Gasteiger partial charge is 0.337 e. The summed E-state index contributed by atoms with van der Waals surface area (Å²) in [5, 5.41) is 6.85. The third kappa shape index (κ3) is 4.17. The molecule has 0 unspecified atom stereocenters. The Hall–Kier alpha value is -3.51. The van der Waals surface area contributed by atoms with Crippen molar-refractivity contribution in [2.45, 2.75) is 6.42 Å². The summed E-state index contributed by atoms with van der Waals surface area (Å²) in [6.45, 7) is 0. The molecule has 0 aliphatic carbocycles. The SMILES string of the molecule is O=C(Cc1ccccc1)Nc1onc(-c2ccc(F)c(Cl)c2)c1-c1ccncc1. The first-order chi connectivity index (χ1) is 14.1. The van der Waals surface area contributed by atoms with Gasteiger partial charge in [-0.2, -0.15) is 0 Å². The zero-order valence-electron chi connectivity index (χ0n) is 15.1. The normalized spacial score (nSPS) is 10.7. The maximum absolute atomic E-state index is 13.6. The van der Waals surface area contributed by atoms with E-state index in [1.165, 1.54) is 12.1 Å². The predicted octanol–water partition coefficient (Wildman–Crippen LogP) is 5.38. The van der Waals surface area contributed by atoms with Crippen LogP contribution in [-0.2, 0) is 11.2 Å². The second-order valence-electron chi connectivity index (χ2n) is 6.31. The van der Waals surface area contributed by atoms with E-state index in [9.17, 15) is 9.18 Å². The maximum Gasteiger partial charge on any atom is 0.239 e. The minimum atomic E-state index is -0.527. The standard InChI is InChI=1S/C22H15ClFN3O2/c23-17-13-16(6-7-18(17)24)21-20(15-8-10-25-11-9-15)22(29-27-21)26-19(28)12-14-4-2-1-3-5-14/h1-11,13H,12H2,(H,26,28). The summed E-state index contributed by atoms with van der Waals surface area (Å²) >= 11 is 5.93. The fourth-order valence-electron chi connectivity index (χ4n) is 2.95. The first-order valence-electron chi connectivity index (χ1n) is 8.81. The van der Waals surface area contributed by atoms with E-state index >= 15 is 0 Å². The molecule has 1 N–H and O–H groups in total. The Bertz CT molecular complexity index is 1150.